The van der Waals surface area contributed by atoms with Crippen molar-refractivity contribution < 1.29 is 4.79 Å². The summed E-state index contributed by atoms with van der Waals surface area (Å²) in [4.78, 5) is 22.9. The highest BCUT2D eigenvalue weighted by Crippen LogP contribution is 2.39. The topological polar surface area (TPSA) is 54.9 Å². The van der Waals surface area contributed by atoms with Crippen molar-refractivity contribution in [2.24, 2.45) is 0 Å². The van der Waals surface area contributed by atoms with Crippen LogP contribution in [-0.2, 0) is 4.79 Å². The molecule has 152 valence electrons. The van der Waals surface area contributed by atoms with E-state index in [1.54, 1.807) is 23.7 Å². The summed E-state index contributed by atoms with van der Waals surface area (Å²) in [6.45, 7) is 3.96. The van der Waals surface area contributed by atoms with E-state index in [-0.39, 0.29) is 11.2 Å². The minimum atomic E-state index is -0.287. The summed E-state index contributed by atoms with van der Waals surface area (Å²) in [6.07, 6.45) is 2.24. The standard InChI is InChI=1S/C23H20ClN3OS2/c1-3-19(21(28)27-18-11-16(24)10-9-14(18)2)30-23-20-17(15-7-5-4-6-8-15)12-29-22(20)25-13-26-23/h4-13,19H,3H2,1-2H3,(H,27,28). The molecule has 4 rings (SSSR count). The maximum atomic E-state index is 13.0. The Kier molecular flexibility index (Phi) is 6.37. The van der Waals surface area contributed by atoms with Gasteiger partial charge in [0.05, 0.1) is 10.6 Å². The highest BCUT2D eigenvalue weighted by molar-refractivity contribution is 8.00. The van der Waals surface area contributed by atoms with Crippen LogP contribution in [0.4, 0.5) is 5.69 Å². The molecule has 0 bridgehead atoms. The van der Waals surface area contributed by atoms with Crippen molar-refractivity contribution in [3.05, 3.63) is 70.8 Å². The fourth-order valence-electron chi connectivity index (χ4n) is 3.17. The highest BCUT2D eigenvalue weighted by Gasteiger charge is 2.22. The molecule has 0 aliphatic carbocycles. The number of hydrogen-bond acceptors (Lipinski definition) is 5. The molecule has 1 amide bonds. The summed E-state index contributed by atoms with van der Waals surface area (Å²) in [7, 11) is 0. The van der Waals surface area contributed by atoms with Gasteiger partial charge in [-0.15, -0.1) is 11.3 Å². The molecule has 1 N–H and O–H groups in total. The van der Waals surface area contributed by atoms with E-state index in [4.69, 9.17) is 11.6 Å². The zero-order valence-corrected chi connectivity index (χ0v) is 18.9. The third-order valence-corrected chi connectivity index (χ3v) is 7.28. The van der Waals surface area contributed by atoms with Crippen molar-refractivity contribution in [3.8, 4) is 11.1 Å². The van der Waals surface area contributed by atoms with E-state index in [0.717, 1.165) is 37.6 Å². The number of rotatable bonds is 6. The number of anilines is 1. The maximum Gasteiger partial charge on any atom is 0.237 e. The number of halogens is 1. The van der Waals surface area contributed by atoms with Gasteiger partial charge in [-0.3, -0.25) is 4.79 Å². The van der Waals surface area contributed by atoms with Gasteiger partial charge in [0.15, 0.2) is 0 Å². The largest absolute Gasteiger partial charge is 0.325 e. The SMILES string of the molecule is CCC(Sc1ncnc2scc(-c3ccccc3)c12)C(=O)Nc1cc(Cl)ccc1C. The lowest BCUT2D eigenvalue weighted by atomic mass is 10.1. The number of aromatic nitrogens is 2. The third-order valence-electron chi connectivity index (χ3n) is 4.79. The molecule has 1 atom stereocenters. The van der Waals surface area contributed by atoms with Crippen LogP contribution in [0, 0.1) is 6.92 Å². The van der Waals surface area contributed by atoms with Crippen molar-refractivity contribution in [1.29, 1.82) is 0 Å². The van der Waals surface area contributed by atoms with Gasteiger partial charge >= 0.3 is 0 Å². The van der Waals surface area contributed by atoms with E-state index in [1.165, 1.54) is 11.8 Å². The van der Waals surface area contributed by atoms with Crippen LogP contribution in [0.5, 0.6) is 0 Å². The lowest BCUT2D eigenvalue weighted by Crippen LogP contribution is -2.25. The van der Waals surface area contributed by atoms with Gasteiger partial charge in [0, 0.05) is 21.7 Å². The van der Waals surface area contributed by atoms with Crippen molar-refractivity contribution >= 4 is 56.5 Å². The average molecular weight is 454 g/mol. The number of nitrogens with zero attached hydrogens (tertiary/aromatic N) is 2. The van der Waals surface area contributed by atoms with Crippen LogP contribution in [0.15, 0.2) is 65.3 Å². The zero-order valence-electron chi connectivity index (χ0n) is 16.6. The number of benzene rings is 2. The summed E-state index contributed by atoms with van der Waals surface area (Å²) in [5.41, 5.74) is 3.92. The van der Waals surface area contributed by atoms with Crippen molar-refractivity contribution in [2.45, 2.75) is 30.5 Å². The highest BCUT2D eigenvalue weighted by atomic mass is 35.5. The third kappa shape index (κ3) is 4.36. The van der Waals surface area contributed by atoms with Gasteiger partial charge in [-0.05, 0) is 36.6 Å². The van der Waals surface area contributed by atoms with Gasteiger partial charge in [0.2, 0.25) is 5.91 Å². The van der Waals surface area contributed by atoms with E-state index < -0.39 is 0 Å². The van der Waals surface area contributed by atoms with Gasteiger partial charge in [-0.1, -0.05) is 66.7 Å². The Morgan fingerprint density at radius 3 is 2.77 bits per heavy atom. The minimum Gasteiger partial charge on any atom is -0.325 e. The van der Waals surface area contributed by atoms with E-state index in [1.807, 2.05) is 44.2 Å². The smallest absolute Gasteiger partial charge is 0.237 e. The molecular formula is C23H20ClN3OS2. The summed E-state index contributed by atoms with van der Waals surface area (Å²) < 4.78 is 0. The number of thiophene rings is 1. The first-order chi connectivity index (χ1) is 14.6. The number of aryl methyl sites for hydroxylation is 1. The second-order valence-corrected chi connectivity index (χ2v) is 9.32. The summed E-state index contributed by atoms with van der Waals surface area (Å²) in [6, 6.07) is 15.7. The molecule has 30 heavy (non-hydrogen) atoms. The molecule has 0 saturated heterocycles. The van der Waals surface area contributed by atoms with Crippen LogP contribution in [0.25, 0.3) is 21.3 Å². The lowest BCUT2D eigenvalue weighted by molar-refractivity contribution is -0.115. The van der Waals surface area contributed by atoms with Crippen LogP contribution >= 0.6 is 34.7 Å². The Labute approximate surface area is 188 Å². The molecule has 0 aliphatic rings. The zero-order chi connectivity index (χ0) is 21.1. The normalized spacial score (nSPS) is 12.1. The first-order valence-electron chi connectivity index (χ1n) is 9.58. The molecule has 0 radical (unpaired) electrons. The first-order valence-corrected chi connectivity index (χ1v) is 11.7. The Morgan fingerprint density at radius 2 is 2.00 bits per heavy atom. The van der Waals surface area contributed by atoms with Gasteiger partial charge in [0.25, 0.3) is 0 Å². The number of amides is 1. The molecule has 0 spiro atoms. The minimum absolute atomic E-state index is 0.0591. The predicted molar refractivity (Wildman–Crippen MR) is 128 cm³/mol. The molecule has 4 nitrogen and oxygen atoms in total. The van der Waals surface area contributed by atoms with Gasteiger partial charge in [-0.2, -0.15) is 0 Å². The van der Waals surface area contributed by atoms with Crippen LogP contribution in [-0.4, -0.2) is 21.1 Å². The number of carbonyl (C=O) groups is 1. The Hall–Kier alpha value is -2.41. The molecule has 7 heteroatoms. The predicted octanol–water partition coefficient (Wildman–Crippen LogP) is 6.83. The number of carbonyl (C=O) groups excluding carboxylic acids is 1. The molecule has 2 aromatic carbocycles. The van der Waals surface area contributed by atoms with E-state index in [0.29, 0.717) is 11.4 Å². The Balaban J connectivity index is 1.64. The van der Waals surface area contributed by atoms with Crippen LogP contribution in [0.2, 0.25) is 5.02 Å². The van der Waals surface area contributed by atoms with Crippen molar-refractivity contribution in [1.82, 2.24) is 9.97 Å². The summed E-state index contributed by atoms with van der Waals surface area (Å²) in [5.74, 6) is -0.0591. The van der Waals surface area contributed by atoms with Crippen molar-refractivity contribution in [2.75, 3.05) is 5.32 Å². The first kappa shape index (κ1) is 20.8. The fraction of sp³-hybridized carbons (Fsp3) is 0.174. The van der Waals surface area contributed by atoms with Gasteiger partial charge in [-0.25, -0.2) is 9.97 Å². The van der Waals surface area contributed by atoms with Gasteiger partial charge in [0.1, 0.15) is 16.2 Å². The van der Waals surface area contributed by atoms with Crippen molar-refractivity contribution in [3.63, 3.8) is 0 Å². The fourth-order valence-corrected chi connectivity index (χ4v) is 5.35. The van der Waals surface area contributed by atoms with E-state index >= 15 is 0 Å². The molecule has 4 aromatic rings. The Bertz CT molecular complexity index is 1190. The molecule has 1 unspecified atom stereocenters. The second kappa shape index (κ2) is 9.16. The van der Waals surface area contributed by atoms with Crippen LogP contribution in [0.3, 0.4) is 0 Å². The monoisotopic (exact) mass is 453 g/mol. The van der Waals surface area contributed by atoms with Crippen LogP contribution < -0.4 is 5.32 Å². The van der Waals surface area contributed by atoms with E-state index in [9.17, 15) is 4.79 Å². The molecule has 2 heterocycles. The van der Waals surface area contributed by atoms with E-state index in [2.05, 4.69) is 32.8 Å². The maximum absolute atomic E-state index is 13.0. The molecule has 2 aromatic heterocycles. The summed E-state index contributed by atoms with van der Waals surface area (Å²) >= 11 is 9.17. The quantitative estimate of drug-likeness (QED) is 0.257. The number of nitrogens with one attached hydrogen (secondary N) is 1. The van der Waals surface area contributed by atoms with Crippen LogP contribution in [0.1, 0.15) is 18.9 Å². The number of hydrogen-bond donors (Lipinski definition) is 1. The molecule has 0 saturated carbocycles. The molecular weight excluding hydrogens is 434 g/mol. The second-order valence-electron chi connectivity index (χ2n) is 6.84. The number of fused-ring (bicyclic) bond motifs is 1. The summed E-state index contributed by atoms with van der Waals surface area (Å²) in [5, 5.41) is 7.27. The molecule has 0 aliphatic heterocycles. The molecule has 0 fully saturated rings. The lowest BCUT2D eigenvalue weighted by Gasteiger charge is -2.16. The number of thioether (sulfide) groups is 1. The van der Waals surface area contributed by atoms with Gasteiger partial charge < -0.3 is 5.32 Å². The Morgan fingerprint density at radius 1 is 1.20 bits per heavy atom. The average Bonchev–Trinajstić information content (AvgIpc) is 3.20.